The van der Waals surface area contributed by atoms with E-state index in [0.29, 0.717) is 6.42 Å². The van der Waals surface area contributed by atoms with Gasteiger partial charge in [-0.15, -0.1) is 0 Å². The van der Waals surface area contributed by atoms with Gasteiger partial charge in [-0.05, 0) is 6.42 Å². The Morgan fingerprint density at radius 1 is 0.824 bits per heavy atom. The maximum absolute atomic E-state index is 11.7. The van der Waals surface area contributed by atoms with Gasteiger partial charge in [0.15, 0.2) is 0 Å². The number of carboxylic acids is 1. The summed E-state index contributed by atoms with van der Waals surface area (Å²) in [6.07, 6.45) is 14.7. The van der Waals surface area contributed by atoms with Crippen molar-refractivity contribution in [3.05, 3.63) is 0 Å². The predicted molar refractivity (Wildman–Crippen MR) is 130 cm³/mol. The van der Waals surface area contributed by atoms with Crippen LogP contribution in [0, 0.1) is 0 Å². The molecule has 5 N–H and O–H groups in total. The van der Waals surface area contributed by atoms with E-state index in [9.17, 15) is 24.2 Å². The monoisotopic (exact) mass is 520 g/mol. The number of phosphoric ester groups is 1. The Hall–Kier alpha value is -0.0300. The van der Waals surface area contributed by atoms with Crippen LogP contribution < -0.4 is 5.73 Å². The maximum Gasteiger partial charge on any atom is 0.472 e. The van der Waals surface area contributed by atoms with Crippen molar-refractivity contribution in [2.75, 3.05) is 19.8 Å². The summed E-state index contributed by atoms with van der Waals surface area (Å²) < 4.78 is 25.5. The number of carbonyl (C=O) groups is 2. The molecule has 0 fully saturated rings. The molecule has 1 unspecified atom stereocenters. The summed E-state index contributed by atoms with van der Waals surface area (Å²) in [6, 6.07) is -1.48. The van der Waals surface area contributed by atoms with E-state index < -0.39 is 45.1 Å². The maximum atomic E-state index is 11.7. The molecule has 0 aromatic carbocycles. The fourth-order valence-electron chi connectivity index (χ4n) is 3.06. The molecule has 1 radical (unpaired) electrons. The Balaban J connectivity index is 0. The molecule has 0 aliphatic carbocycles. The molecule has 3 atom stereocenters. The molecule has 34 heavy (non-hydrogen) atoms. The van der Waals surface area contributed by atoms with Gasteiger partial charge in [0, 0.05) is 36.0 Å². The summed E-state index contributed by atoms with van der Waals surface area (Å²) in [6.45, 7) is 0.495. The second-order valence-electron chi connectivity index (χ2n) is 8.33. The molecule has 0 amide bonds. The van der Waals surface area contributed by atoms with Crippen LogP contribution in [-0.2, 0) is 27.9 Å². The summed E-state index contributed by atoms with van der Waals surface area (Å²) >= 11 is 0. The molecular weight excluding hydrogens is 476 g/mol. The normalized spacial score (nSPS) is 14.6. The van der Waals surface area contributed by atoms with E-state index in [4.69, 9.17) is 15.6 Å². The molecule has 0 heterocycles. The van der Waals surface area contributed by atoms with Gasteiger partial charge in [0.2, 0.25) is 0 Å². The Morgan fingerprint density at radius 2 is 1.26 bits per heavy atom. The number of rotatable bonds is 23. The molecule has 0 bridgehead atoms. The summed E-state index contributed by atoms with van der Waals surface area (Å²) in [4.78, 5) is 31.7. The van der Waals surface area contributed by atoms with Gasteiger partial charge in [-0.1, -0.05) is 84.0 Å². The summed E-state index contributed by atoms with van der Waals surface area (Å²) in [7, 11) is -4.58. The Morgan fingerprint density at radius 3 is 1.74 bits per heavy atom. The van der Waals surface area contributed by atoms with Crippen LogP contribution >= 0.6 is 7.82 Å². The van der Waals surface area contributed by atoms with Crippen LogP contribution in [0.2, 0.25) is 0 Å². The van der Waals surface area contributed by atoms with Gasteiger partial charge in [0.05, 0.1) is 13.2 Å². The summed E-state index contributed by atoms with van der Waals surface area (Å²) in [5.74, 6) is -1.85. The minimum atomic E-state index is -4.58. The van der Waals surface area contributed by atoms with Crippen LogP contribution in [0.1, 0.15) is 96.8 Å². The molecule has 197 valence electrons. The van der Waals surface area contributed by atoms with Crippen molar-refractivity contribution >= 4 is 49.3 Å². The molecule has 0 rings (SSSR count). The number of carboxylic acid groups (broad SMARTS) is 1. The number of esters is 1. The van der Waals surface area contributed by atoms with Crippen molar-refractivity contribution < 1.29 is 43.0 Å². The van der Waals surface area contributed by atoms with E-state index in [0.717, 1.165) is 12.8 Å². The molecule has 0 saturated carbocycles. The smallest absolute Gasteiger partial charge is 0.472 e. The average molecular weight is 521 g/mol. The zero-order chi connectivity index (χ0) is 25.0. The van der Waals surface area contributed by atoms with Gasteiger partial charge in [0.25, 0.3) is 0 Å². The van der Waals surface area contributed by atoms with E-state index in [1.807, 2.05) is 0 Å². The van der Waals surface area contributed by atoms with Crippen LogP contribution in [0.25, 0.3) is 0 Å². The molecule has 0 aliphatic rings. The number of ether oxygens (including phenoxy) is 1. The van der Waals surface area contributed by atoms with Crippen LogP contribution in [0.4, 0.5) is 0 Å². The number of carbonyl (C=O) groups excluding carboxylic acids is 1. The van der Waals surface area contributed by atoms with E-state index in [1.165, 1.54) is 64.2 Å². The zero-order valence-electron chi connectivity index (χ0n) is 21.0. The van der Waals surface area contributed by atoms with E-state index in [2.05, 4.69) is 16.0 Å². The van der Waals surface area contributed by atoms with E-state index in [-0.39, 0.29) is 42.6 Å². The van der Waals surface area contributed by atoms with Crippen molar-refractivity contribution in [1.82, 2.24) is 0 Å². The topological polar surface area (TPSA) is 166 Å². The molecule has 0 aromatic heterocycles. The minimum absolute atomic E-state index is 0. The standard InChI is InChI=1S/C22H44NO9P.Na/c1-2-3-4-5-6-7-8-9-10-11-12-13-14-15-21(25)30-16-19(24)17-31-33(28,29)32-18-20(23)22(26)27;/h19-20,24H,2-18,23H2,1H3,(H,26,27)(H,28,29);/t19-,20+;/m1./s1. The van der Waals surface area contributed by atoms with Crippen LogP contribution in [0.5, 0.6) is 0 Å². The first-order valence-electron chi connectivity index (χ1n) is 12.1. The molecule has 10 nitrogen and oxygen atoms in total. The van der Waals surface area contributed by atoms with Gasteiger partial charge in [-0.2, -0.15) is 0 Å². The largest absolute Gasteiger partial charge is 0.480 e. The van der Waals surface area contributed by atoms with Crippen molar-refractivity contribution in [1.29, 1.82) is 0 Å². The minimum Gasteiger partial charge on any atom is -0.480 e. The Kier molecular flexibility index (Phi) is 24.8. The third-order valence-electron chi connectivity index (χ3n) is 5.09. The van der Waals surface area contributed by atoms with E-state index >= 15 is 0 Å². The van der Waals surface area contributed by atoms with Crippen LogP contribution in [0.15, 0.2) is 0 Å². The van der Waals surface area contributed by atoms with Gasteiger partial charge in [-0.3, -0.25) is 18.6 Å². The number of nitrogens with two attached hydrogens (primary N) is 1. The van der Waals surface area contributed by atoms with Crippen molar-refractivity contribution in [3.63, 3.8) is 0 Å². The van der Waals surface area contributed by atoms with Crippen molar-refractivity contribution in [2.24, 2.45) is 5.73 Å². The number of aliphatic hydroxyl groups is 1. The third-order valence-corrected chi connectivity index (χ3v) is 6.04. The summed E-state index contributed by atoms with van der Waals surface area (Å²) in [5, 5.41) is 18.3. The predicted octanol–water partition coefficient (Wildman–Crippen LogP) is 3.54. The fourth-order valence-corrected chi connectivity index (χ4v) is 3.84. The molecule has 12 heteroatoms. The zero-order valence-corrected chi connectivity index (χ0v) is 23.9. The first kappa shape index (κ1) is 36.1. The van der Waals surface area contributed by atoms with Gasteiger partial charge >= 0.3 is 19.8 Å². The van der Waals surface area contributed by atoms with E-state index in [1.54, 1.807) is 0 Å². The SMILES string of the molecule is CCCCCCCCCCCCCCCC(=O)OC[C@@H](O)COP(=O)(O)OC[C@H](N)C(=O)O.[Na]. The second kappa shape index (κ2) is 23.4. The number of phosphoric acid groups is 1. The number of aliphatic carboxylic acids is 1. The Bertz CT molecular complexity index is 568. The second-order valence-corrected chi connectivity index (χ2v) is 9.79. The summed E-state index contributed by atoms with van der Waals surface area (Å²) in [5.41, 5.74) is 5.15. The third kappa shape index (κ3) is 23.7. The van der Waals surface area contributed by atoms with Gasteiger partial charge in [0.1, 0.15) is 18.8 Å². The fraction of sp³-hybridized carbons (Fsp3) is 0.909. The van der Waals surface area contributed by atoms with Crippen molar-refractivity contribution in [2.45, 2.75) is 109 Å². The first-order valence-corrected chi connectivity index (χ1v) is 13.6. The van der Waals surface area contributed by atoms with Crippen molar-refractivity contribution in [3.8, 4) is 0 Å². The quantitative estimate of drug-likeness (QED) is 0.0677. The molecule has 0 aromatic rings. The molecule has 0 aliphatic heterocycles. The van der Waals surface area contributed by atoms with Gasteiger partial charge < -0.3 is 25.6 Å². The number of unbranched alkanes of at least 4 members (excludes halogenated alkanes) is 12. The molecule has 0 spiro atoms. The van der Waals surface area contributed by atoms with Gasteiger partial charge in [-0.25, -0.2) is 4.57 Å². The number of aliphatic hydroxyl groups excluding tert-OH is 1. The number of hydrogen-bond donors (Lipinski definition) is 4. The first-order chi connectivity index (χ1) is 15.7. The average Bonchev–Trinajstić information content (AvgIpc) is 2.77. The molecule has 0 saturated heterocycles. The number of hydrogen-bond acceptors (Lipinski definition) is 8. The molecular formula is C22H44NNaO9P. The Labute approximate surface area is 226 Å². The van der Waals surface area contributed by atoms with Crippen LogP contribution in [-0.4, -0.2) is 88.6 Å². The van der Waals surface area contributed by atoms with Crippen LogP contribution in [0.3, 0.4) is 0 Å².